The van der Waals surface area contributed by atoms with Gasteiger partial charge in [0.15, 0.2) is 0 Å². The Hall–Kier alpha value is -0.830. The summed E-state index contributed by atoms with van der Waals surface area (Å²) >= 11 is 5.85. The third kappa shape index (κ3) is 4.47. The van der Waals surface area contributed by atoms with Gasteiger partial charge in [0.25, 0.3) is 0 Å². The highest BCUT2D eigenvalue weighted by atomic mass is 35.5. The van der Waals surface area contributed by atoms with Crippen molar-refractivity contribution < 1.29 is 0 Å². The highest BCUT2D eigenvalue weighted by Crippen LogP contribution is 2.07. The molecule has 0 amide bonds. The number of alkyl halides is 1. The Labute approximate surface area is 96.3 Å². The van der Waals surface area contributed by atoms with Crippen LogP contribution in [0.5, 0.6) is 0 Å². The van der Waals surface area contributed by atoms with Gasteiger partial charge in [0.1, 0.15) is 5.82 Å². The van der Waals surface area contributed by atoms with Crippen LogP contribution in [0.15, 0.2) is 6.20 Å². The van der Waals surface area contributed by atoms with E-state index < -0.39 is 0 Å². The van der Waals surface area contributed by atoms with Crippen LogP contribution in [0.1, 0.15) is 31.2 Å². The fourth-order valence-electron chi connectivity index (χ4n) is 1.23. The van der Waals surface area contributed by atoms with E-state index in [0.717, 1.165) is 36.6 Å². The van der Waals surface area contributed by atoms with Crippen molar-refractivity contribution in [2.45, 2.75) is 39.0 Å². The fraction of sp³-hybridized carbons (Fsp3) is 0.636. The zero-order valence-corrected chi connectivity index (χ0v) is 10.3. The molecule has 1 atom stereocenters. The summed E-state index contributed by atoms with van der Waals surface area (Å²) in [4.78, 5) is 8.62. The Morgan fingerprint density at radius 3 is 2.73 bits per heavy atom. The minimum Gasteiger partial charge on any atom is -0.369 e. The number of hydrogen-bond acceptors (Lipinski definition) is 3. The zero-order valence-electron chi connectivity index (χ0n) is 9.55. The van der Waals surface area contributed by atoms with E-state index in [4.69, 9.17) is 11.6 Å². The van der Waals surface area contributed by atoms with E-state index in [0.29, 0.717) is 0 Å². The van der Waals surface area contributed by atoms with Crippen molar-refractivity contribution in [2.75, 3.05) is 11.9 Å². The minimum atomic E-state index is 0.248. The van der Waals surface area contributed by atoms with E-state index in [2.05, 4.69) is 15.3 Å². The molecule has 1 heterocycles. The molecule has 0 aliphatic carbocycles. The molecule has 0 radical (unpaired) electrons. The molecule has 84 valence electrons. The molecule has 0 fully saturated rings. The maximum atomic E-state index is 5.85. The van der Waals surface area contributed by atoms with Crippen LogP contribution in [0.2, 0.25) is 0 Å². The van der Waals surface area contributed by atoms with E-state index >= 15 is 0 Å². The lowest BCUT2D eigenvalue weighted by Crippen LogP contribution is -2.06. The van der Waals surface area contributed by atoms with Crippen molar-refractivity contribution in [3.05, 3.63) is 17.6 Å². The quantitative estimate of drug-likeness (QED) is 0.621. The Morgan fingerprint density at radius 2 is 2.13 bits per heavy atom. The lowest BCUT2D eigenvalue weighted by Gasteiger charge is -2.07. The third-order valence-corrected chi connectivity index (χ3v) is 2.50. The zero-order chi connectivity index (χ0) is 11.3. The molecular formula is C11H18ClN3. The predicted octanol–water partition coefficient (Wildman–Crippen LogP) is 2.91. The topological polar surface area (TPSA) is 37.8 Å². The summed E-state index contributed by atoms with van der Waals surface area (Å²) in [5.74, 6) is 0.848. The van der Waals surface area contributed by atoms with Gasteiger partial charge in [-0.15, -0.1) is 11.6 Å². The molecular weight excluding hydrogens is 210 g/mol. The van der Waals surface area contributed by atoms with Gasteiger partial charge in [-0.3, -0.25) is 4.98 Å². The average Bonchev–Trinajstić information content (AvgIpc) is 2.18. The molecule has 1 aromatic heterocycles. The summed E-state index contributed by atoms with van der Waals surface area (Å²) in [5.41, 5.74) is 1.96. The fourth-order valence-corrected chi connectivity index (χ4v) is 1.38. The smallest absolute Gasteiger partial charge is 0.144 e. The minimum absolute atomic E-state index is 0.248. The normalized spacial score (nSPS) is 12.5. The van der Waals surface area contributed by atoms with Gasteiger partial charge in [-0.05, 0) is 33.6 Å². The summed E-state index contributed by atoms with van der Waals surface area (Å²) in [7, 11) is 0. The molecule has 0 aliphatic heterocycles. The van der Waals surface area contributed by atoms with Crippen molar-refractivity contribution in [3.8, 4) is 0 Å². The van der Waals surface area contributed by atoms with Crippen molar-refractivity contribution in [3.63, 3.8) is 0 Å². The van der Waals surface area contributed by atoms with Crippen LogP contribution < -0.4 is 5.32 Å². The van der Waals surface area contributed by atoms with Crippen molar-refractivity contribution in [2.24, 2.45) is 0 Å². The number of rotatable bonds is 5. The standard InChI is InChI=1S/C11H18ClN3/c1-8(12)5-4-6-13-11-7-14-9(2)10(3)15-11/h7-8H,4-6H2,1-3H3,(H,13,15). The number of anilines is 1. The van der Waals surface area contributed by atoms with E-state index in [1.54, 1.807) is 6.20 Å². The second kappa shape index (κ2) is 5.91. The highest BCUT2D eigenvalue weighted by molar-refractivity contribution is 6.20. The highest BCUT2D eigenvalue weighted by Gasteiger charge is 1.99. The number of halogens is 1. The SMILES string of the molecule is Cc1ncc(NCCCC(C)Cl)nc1C. The van der Waals surface area contributed by atoms with Gasteiger partial charge in [0, 0.05) is 11.9 Å². The van der Waals surface area contributed by atoms with Crippen LogP contribution in [0.4, 0.5) is 5.82 Å². The number of aryl methyl sites for hydroxylation is 2. The van der Waals surface area contributed by atoms with Crippen LogP contribution in [0, 0.1) is 13.8 Å². The summed E-state index contributed by atoms with van der Waals surface area (Å²) < 4.78 is 0. The van der Waals surface area contributed by atoms with E-state index in [1.807, 2.05) is 20.8 Å². The molecule has 15 heavy (non-hydrogen) atoms. The van der Waals surface area contributed by atoms with Gasteiger partial charge in [-0.25, -0.2) is 4.98 Å². The second-order valence-electron chi connectivity index (χ2n) is 3.78. The van der Waals surface area contributed by atoms with Gasteiger partial charge in [-0.2, -0.15) is 0 Å². The molecule has 1 aromatic rings. The van der Waals surface area contributed by atoms with E-state index in [9.17, 15) is 0 Å². The predicted molar refractivity (Wildman–Crippen MR) is 64.5 cm³/mol. The third-order valence-electron chi connectivity index (χ3n) is 2.28. The largest absolute Gasteiger partial charge is 0.369 e. The van der Waals surface area contributed by atoms with Gasteiger partial charge in [-0.1, -0.05) is 0 Å². The van der Waals surface area contributed by atoms with Gasteiger partial charge in [0.2, 0.25) is 0 Å². The van der Waals surface area contributed by atoms with E-state index in [1.165, 1.54) is 0 Å². The first kappa shape index (κ1) is 12.2. The summed E-state index contributed by atoms with van der Waals surface area (Å²) in [6, 6.07) is 0. The monoisotopic (exact) mass is 227 g/mol. The molecule has 0 spiro atoms. The lowest BCUT2D eigenvalue weighted by atomic mass is 10.2. The van der Waals surface area contributed by atoms with Crippen LogP contribution >= 0.6 is 11.6 Å². The maximum Gasteiger partial charge on any atom is 0.144 e. The number of nitrogens with one attached hydrogen (secondary N) is 1. The second-order valence-corrected chi connectivity index (χ2v) is 4.52. The Bertz CT molecular complexity index is 313. The van der Waals surface area contributed by atoms with Gasteiger partial charge < -0.3 is 5.32 Å². The van der Waals surface area contributed by atoms with Crippen LogP contribution in [-0.4, -0.2) is 21.9 Å². The number of hydrogen-bond donors (Lipinski definition) is 1. The lowest BCUT2D eigenvalue weighted by molar-refractivity contribution is 0.748. The maximum absolute atomic E-state index is 5.85. The first-order chi connectivity index (χ1) is 7.09. The van der Waals surface area contributed by atoms with Gasteiger partial charge >= 0.3 is 0 Å². The Kier molecular flexibility index (Phi) is 4.82. The molecule has 0 bridgehead atoms. The molecule has 0 saturated carbocycles. The average molecular weight is 228 g/mol. The van der Waals surface area contributed by atoms with Crippen LogP contribution in [0.25, 0.3) is 0 Å². The molecule has 1 unspecified atom stereocenters. The summed E-state index contributed by atoms with van der Waals surface area (Å²) in [6.45, 7) is 6.83. The number of aromatic nitrogens is 2. The van der Waals surface area contributed by atoms with Gasteiger partial charge in [0.05, 0.1) is 17.6 Å². The van der Waals surface area contributed by atoms with E-state index in [-0.39, 0.29) is 5.38 Å². The Morgan fingerprint density at radius 1 is 1.40 bits per heavy atom. The molecule has 3 nitrogen and oxygen atoms in total. The van der Waals surface area contributed by atoms with Crippen molar-refractivity contribution in [1.82, 2.24) is 9.97 Å². The number of nitrogens with zero attached hydrogens (tertiary/aromatic N) is 2. The molecule has 4 heteroatoms. The first-order valence-corrected chi connectivity index (χ1v) is 5.71. The summed E-state index contributed by atoms with van der Waals surface area (Å²) in [6.07, 6.45) is 3.85. The molecule has 1 N–H and O–H groups in total. The van der Waals surface area contributed by atoms with Crippen LogP contribution in [-0.2, 0) is 0 Å². The molecule has 0 saturated heterocycles. The molecule has 1 rings (SSSR count). The molecule has 0 aromatic carbocycles. The first-order valence-electron chi connectivity index (χ1n) is 5.28. The van der Waals surface area contributed by atoms with Crippen molar-refractivity contribution in [1.29, 1.82) is 0 Å². The van der Waals surface area contributed by atoms with Crippen LogP contribution in [0.3, 0.4) is 0 Å². The van der Waals surface area contributed by atoms with Crippen molar-refractivity contribution >= 4 is 17.4 Å². The Balaban J connectivity index is 2.35. The molecule has 0 aliphatic rings. The summed E-state index contributed by atoms with van der Waals surface area (Å²) in [5, 5.41) is 3.48.